The first kappa shape index (κ1) is 21.6. The lowest BCUT2D eigenvalue weighted by Crippen LogP contribution is -2.35. The first-order valence-electron chi connectivity index (χ1n) is 9.65. The van der Waals surface area contributed by atoms with Crippen molar-refractivity contribution in [2.45, 2.75) is 24.2 Å². The van der Waals surface area contributed by atoms with Crippen LogP contribution in [0.5, 0.6) is 0 Å². The van der Waals surface area contributed by atoms with E-state index in [-0.39, 0.29) is 17.3 Å². The van der Waals surface area contributed by atoms with Crippen LogP contribution >= 0.6 is 0 Å². The molecule has 0 unspecified atom stereocenters. The van der Waals surface area contributed by atoms with Gasteiger partial charge in [0, 0.05) is 29.8 Å². The molecular weight excluding hydrogens is 402 g/mol. The second-order valence-electron chi connectivity index (χ2n) is 6.92. The molecule has 0 saturated carbocycles. The summed E-state index contributed by atoms with van der Waals surface area (Å²) in [7, 11) is -3.51. The summed E-state index contributed by atoms with van der Waals surface area (Å²) in [6.07, 6.45) is 2.79. The Bertz CT molecular complexity index is 1080. The molecule has 156 valence electrons. The van der Waals surface area contributed by atoms with Gasteiger partial charge >= 0.3 is 0 Å². The van der Waals surface area contributed by atoms with Crippen molar-refractivity contribution in [3.63, 3.8) is 0 Å². The first-order valence-corrected chi connectivity index (χ1v) is 11.1. The van der Waals surface area contributed by atoms with Crippen molar-refractivity contribution in [1.82, 2.24) is 9.62 Å². The zero-order chi connectivity index (χ0) is 21.6. The molecule has 1 aliphatic heterocycles. The van der Waals surface area contributed by atoms with E-state index in [2.05, 4.69) is 17.2 Å². The highest BCUT2D eigenvalue weighted by Gasteiger charge is 2.25. The number of sulfonamides is 1. The number of nitrogens with one attached hydrogen (secondary N) is 1. The highest BCUT2D eigenvalue weighted by atomic mass is 32.2. The summed E-state index contributed by atoms with van der Waals surface area (Å²) >= 11 is 0. The van der Waals surface area contributed by atoms with E-state index in [0.717, 1.165) is 19.3 Å². The van der Waals surface area contributed by atoms with Gasteiger partial charge in [0.15, 0.2) is 0 Å². The number of benzene rings is 2. The normalized spacial score (nSPS) is 14.4. The van der Waals surface area contributed by atoms with Gasteiger partial charge in [-0.25, -0.2) is 8.42 Å². The Labute approximate surface area is 176 Å². The summed E-state index contributed by atoms with van der Waals surface area (Å²) in [5.74, 6) is 4.87. The average Bonchev–Trinajstić information content (AvgIpc) is 2.77. The van der Waals surface area contributed by atoms with Crippen molar-refractivity contribution in [3.05, 3.63) is 65.2 Å². The molecule has 1 fully saturated rings. The van der Waals surface area contributed by atoms with E-state index >= 15 is 0 Å². The molecule has 1 saturated heterocycles. The minimum atomic E-state index is -3.51. The van der Waals surface area contributed by atoms with Crippen molar-refractivity contribution >= 4 is 21.8 Å². The topological polar surface area (TPSA) is 110 Å². The number of nitrogens with two attached hydrogens (primary N) is 1. The lowest BCUT2D eigenvalue weighted by atomic mass is 10.1. The van der Waals surface area contributed by atoms with Crippen LogP contribution in [0.4, 0.5) is 0 Å². The fourth-order valence-electron chi connectivity index (χ4n) is 3.12. The molecule has 0 aliphatic carbocycles. The zero-order valence-corrected chi connectivity index (χ0v) is 17.2. The third kappa shape index (κ3) is 5.26. The maximum absolute atomic E-state index is 12.7. The zero-order valence-electron chi connectivity index (χ0n) is 16.4. The van der Waals surface area contributed by atoms with Crippen LogP contribution in [0.1, 0.15) is 45.5 Å². The molecule has 0 spiro atoms. The van der Waals surface area contributed by atoms with Gasteiger partial charge in [0.1, 0.15) is 0 Å². The second-order valence-corrected chi connectivity index (χ2v) is 8.85. The molecule has 2 aromatic rings. The molecular formula is C22H23N3O4S. The number of carbonyl (C=O) groups excluding carboxylic acids is 2. The monoisotopic (exact) mass is 425 g/mol. The predicted molar refractivity (Wildman–Crippen MR) is 113 cm³/mol. The number of primary amides is 1. The van der Waals surface area contributed by atoms with Crippen molar-refractivity contribution in [2.75, 3.05) is 19.6 Å². The quantitative estimate of drug-likeness (QED) is 0.711. The molecule has 3 rings (SSSR count). The predicted octanol–water partition coefficient (Wildman–Crippen LogP) is 1.74. The van der Waals surface area contributed by atoms with E-state index in [1.165, 1.54) is 28.6 Å². The van der Waals surface area contributed by atoms with Crippen LogP contribution in [-0.2, 0) is 10.0 Å². The third-order valence-corrected chi connectivity index (χ3v) is 6.72. The minimum Gasteiger partial charge on any atom is -0.366 e. The van der Waals surface area contributed by atoms with Gasteiger partial charge in [-0.2, -0.15) is 4.31 Å². The Hall–Kier alpha value is -3.15. The molecule has 7 nitrogen and oxygen atoms in total. The summed E-state index contributed by atoms with van der Waals surface area (Å²) in [6, 6.07) is 12.5. The smallest absolute Gasteiger partial charge is 0.252 e. The molecule has 0 bridgehead atoms. The van der Waals surface area contributed by atoms with Gasteiger partial charge in [-0.05, 0) is 61.4 Å². The summed E-state index contributed by atoms with van der Waals surface area (Å²) < 4.78 is 26.8. The van der Waals surface area contributed by atoms with Crippen LogP contribution < -0.4 is 11.1 Å². The maximum atomic E-state index is 12.7. The lowest BCUT2D eigenvalue weighted by Gasteiger charge is -2.25. The van der Waals surface area contributed by atoms with E-state index in [9.17, 15) is 18.0 Å². The number of rotatable bonds is 5. The van der Waals surface area contributed by atoms with E-state index in [4.69, 9.17) is 5.73 Å². The molecule has 3 N–H and O–H groups in total. The number of nitrogens with zero attached hydrogens (tertiary/aromatic N) is 1. The summed E-state index contributed by atoms with van der Waals surface area (Å²) in [5, 5.41) is 2.67. The van der Waals surface area contributed by atoms with Crippen LogP contribution in [-0.4, -0.2) is 44.2 Å². The van der Waals surface area contributed by atoms with E-state index in [1.807, 2.05) is 0 Å². The van der Waals surface area contributed by atoms with Crippen LogP contribution in [0.25, 0.3) is 0 Å². The minimum absolute atomic E-state index is 0.129. The van der Waals surface area contributed by atoms with Gasteiger partial charge in [-0.1, -0.05) is 18.3 Å². The first-order chi connectivity index (χ1) is 14.4. The fourth-order valence-corrected chi connectivity index (χ4v) is 4.64. The number of hydrogen-bond acceptors (Lipinski definition) is 4. The van der Waals surface area contributed by atoms with Crippen LogP contribution in [0.15, 0.2) is 53.4 Å². The molecule has 2 amide bonds. The molecule has 1 heterocycles. The van der Waals surface area contributed by atoms with Crippen molar-refractivity contribution in [2.24, 2.45) is 5.73 Å². The van der Waals surface area contributed by atoms with Gasteiger partial charge in [0.2, 0.25) is 15.9 Å². The SMILES string of the molecule is NC(=O)c1ccc(C#CCNC(=O)c2ccc(S(=O)(=O)N3CCCCC3)cc2)cc1. The summed E-state index contributed by atoms with van der Waals surface area (Å²) in [6.45, 7) is 1.20. The second kappa shape index (κ2) is 9.57. The highest BCUT2D eigenvalue weighted by molar-refractivity contribution is 7.89. The standard InChI is InChI=1S/C22H23N3O4S/c23-21(26)18-8-6-17(7-9-18)5-4-14-24-22(27)19-10-12-20(13-11-19)30(28,29)25-15-2-1-3-16-25/h6-13H,1-3,14-16H2,(H2,23,26)(H,24,27). The van der Waals surface area contributed by atoms with Crippen molar-refractivity contribution in [3.8, 4) is 11.8 Å². The highest BCUT2D eigenvalue weighted by Crippen LogP contribution is 2.20. The maximum Gasteiger partial charge on any atom is 0.252 e. The van der Waals surface area contributed by atoms with Crippen LogP contribution in [0, 0.1) is 11.8 Å². The largest absolute Gasteiger partial charge is 0.366 e. The van der Waals surface area contributed by atoms with Crippen molar-refractivity contribution < 1.29 is 18.0 Å². The summed E-state index contributed by atoms with van der Waals surface area (Å²) in [4.78, 5) is 23.5. The molecule has 0 aromatic heterocycles. The van der Waals surface area contributed by atoms with E-state index < -0.39 is 15.9 Å². The van der Waals surface area contributed by atoms with Gasteiger partial charge in [0.25, 0.3) is 5.91 Å². The Kier molecular flexibility index (Phi) is 6.87. The molecule has 8 heteroatoms. The Morgan fingerprint density at radius 3 is 2.13 bits per heavy atom. The van der Waals surface area contributed by atoms with Crippen LogP contribution in [0.3, 0.4) is 0 Å². The van der Waals surface area contributed by atoms with E-state index in [0.29, 0.717) is 29.8 Å². The number of piperidine rings is 1. The third-order valence-electron chi connectivity index (χ3n) is 4.81. The molecule has 30 heavy (non-hydrogen) atoms. The van der Waals surface area contributed by atoms with Gasteiger partial charge in [0.05, 0.1) is 11.4 Å². The Morgan fingerprint density at radius 2 is 1.53 bits per heavy atom. The molecule has 1 aliphatic rings. The van der Waals surface area contributed by atoms with Gasteiger partial charge in [-0.15, -0.1) is 0 Å². The van der Waals surface area contributed by atoms with Gasteiger partial charge < -0.3 is 11.1 Å². The van der Waals surface area contributed by atoms with Gasteiger partial charge in [-0.3, -0.25) is 9.59 Å². The summed E-state index contributed by atoms with van der Waals surface area (Å²) in [5.41, 5.74) is 6.65. The molecule has 0 atom stereocenters. The van der Waals surface area contributed by atoms with Crippen LogP contribution in [0.2, 0.25) is 0 Å². The molecule has 0 radical (unpaired) electrons. The fraction of sp³-hybridized carbons (Fsp3) is 0.273. The number of hydrogen-bond donors (Lipinski definition) is 2. The number of carbonyl (C=O) groups is 2. The average molecular weight is 426 g/mol. The van der Waals surface area contributed by atoms with Crippen molar-refractivity contribution in [1.29, 1.82) is 0 Å². The Balaban J connectivity index is 1.57. The lowest BCUT2D eigenvalue weighted by molar-refractivity contribution is 0.0957. The molecule has 2 aromatic carbocycles. The number of amides is 2. The Morgan fingerprint density at radius 1 is 0.933 bits per heavy atom. The van der Waals surface area contributed by atoms with E-state index in [1.54, 1.807) is 24.3 Å².